The Balaban J connectivity index is 1.77. The summed E-state index contributed by atoms with van der Waals surface area (Å²) >= 11 is 0. The number of rotatable bonds is 9. The zero-order valence-electron chi connectivity index (χ0n) is 20.3. The molecule has 2 heterocycles. The molecule has 0 spiro atoms. The Bertz CT molecular complexity index is 1320. The van der Waals surface area contributed by atoms with E-state index in [1.54, 1.807) is 16.8 Å². The van der Waals surface area contributed by atoms with Gasteiger partial charge < -0.3 is 19.5 Å². The van der Waals surface area contributed by atoms with E-state index in [2.05, 4.69) is 10.4 Å². The number of aromatic nitrogens is 3. The van der Waals surface area contributed by atoms with E-state index in [4.69, 9.17) is 19.2 Å². The second-order valence-corrected chi connectivity index (χ2v) is 7.73. The van der Waals surface area contributed by atoms with E-state index < -0.39 is 0 Å². The number of hydrogen-bond donors (Lipinski definition) is 1. The van der Waals surface area contributed by atoms with E-state index in [1.807, 2.05) is 58.9 Å². The van der Waals surface area contributed by atoms with Gasteiger partial charge in [-0.1, -0.05) is 18.2 Å². The lowest BCUT2D eigenvalue weighted by atomic mass is 10.1. The standard InChI is InChI=1S/C26H30N4O4/c1-6-30-25-19(13-17-12-10-11-16(5)22(17)27-25)24(29-30)28-26(31)18-14-20(32-7-2)23(34-9-4)21(15-18)33-8-3/h10-15H,6-9H2,1-5H3,(H,28,29,31). The van der Waals surface area contributed by atoms with E-state index in [-0.39, 0.29) is 5.91 Å². The molecular formula is C26H30N4O4. The molecule has 8 heteroatoms. The maximum atomic E-state index is 13.3. The van der Waals surface area contributed by atoms with E-state index in [1.165, 1.54) is 0 Å². The van der Waals surface area contributed by atoms with Gasteiger partial charge in [-0.25, -0.2) is 9.67 Å². The third-order valence-corrected chi connectivity index (χ3v) is 5.45. The summed E-state index contributed by atoms with van der Waals surface area (Å²) in [6, 6.07) is 11.4. The van der Waals surface area contributed by atoms with Crippen molar-refractivity contribution in [1.82, 2.24) is 14.8 Å². The molecule has 0 saturated carbocycles. The number of pyridine rings is 1. The molecule has 0 aliphatic carbocycles. The molecule has 4 aromatic rings. The summed E-state index contributed by atoms with van der Waals surface area (Å²) in [6.45, 7) is 11.6. The highest BCUT2D eigenvalue weighted by molar-refractivity contribution is 6.09. The number of nitrogens with zero attached hydrogens (tertiary/aromatic N) is 3. The highest BCUT2D eigenvalue weighted by atomic mass is 16.5. The van der Waals surface area contributed by atoms with Gasteiger partial charge in [0.2, 0.25) is 5.75 Å². The number of ether oxygens (including phenoxy) is 3. The van der Waals surface area contributed by atoms with Crippen LogP contribution in [0.15, 0.2) is 36.4 Å². The SMILES string of the molecule is CCOc1cc(C(=O)Nc2nn(CC)c3nc4c(C)cccc4cc23)cc(OCC)c1OCC. The summed E-state index contributed by atoms with van der Waals surface area (Å²) < 4.78 is 19.1. The smallest absolute Gasteiger partial charge is 0.257 e. The molecule has 2 aromatic carbocycles. The van der Waals surface area contributed by atoms with Crippen molar-refractivity contribution in [3.63, 3.8) is 0 Å². The van der Waals surface area contributed by atoms with Crippen molar-refractivity contribution in [3.8, 4) is 17.2 Å². The van der Waals surface area contributed by atoms with Crippen LogP contribution in [0.2, 0.25) is 0 Å². The number of para-hydroxylation sites is 1. The fourth-order valence-electron chi connectivity index (χ4n) is 3.94. The lowest BCUT2D eigenvalue weighted by molar-refractivity contribution is 0.102. The Labute approximate surface area is 198 Å². The van der Waals surface area contributed by atoms with Crippen molar-refractivity contribution in [2.45, 2.75) is 41.2 Å². The molecule has 1 N–H and O–H groups in total. The van der Waals surface area contributed by atoms with Gasteiger partial charge in [-0.15, -0.1) is 0 Å². The van der Waals surface area contributed by atoms with Gasteiger partial charge in [0.25, 0.3) is 5.91 Å². The van der Waals surface area contributed by atoms with Crippen LogP contribution < -0.4 is 19.5 Å². The third kappa shape index (κ3) is 4.35. The first kappa shape index (κ1) is 23.4. The Morgan fingerprint density at radius 3 is 2.26 bits per heavy atom. The number of carbonyl (C=O) groups is 1. The molecular weight excluding hydrogens is 432 g/mol. The summed E-state index contributed by atoms with van der Waals surface area (Å²) in [6.07, 6.45) is 0. The monoisotopic (exact) mass is 462 g/mol. The Morgan fingerprint density at radius 1 is 0.971 bits per heavy atom. The summed E-state index contributed by atoms with van der Waals surface area (Å²) in [5, 5.41) is 9.37. The van der Waals surface area contributed by atoms with Crippen molar-refractivity contribution in [3.05, 3.63) is 47.5 Å². The highest BCUT2D eigenvalue weighted by Gasteiger charge is 2.21. The van der Waals surface area contributed by atoms with Crippen LogP contribution in [0.25, 0.3) is 21.9 Å². The van der Waals surface area contributed by atoms with Gasteiger partial charge in [0.1, 0.15) is 0 Å². The maximum Gasteiger partial charge on any atom is 0.257 e. The lowest BCUT2D eigenvalue weighted by Gasteiger charge is -2.17. The van der Waals surface area contributed by atoms with Crippen LogP contribution in [0.4, 0.5) is 5.82 Å². The normalized spacial score (nSPS) is 11.1. The fourth-order valence-corrected chi connectivity index (χ4v) is 3.94. The van der Waals surface area contributed by atoms with E-state index >= 15 is 0 Å². The number of carbonyl (C=O) groups excluding carboxylic acids is 1. The van der Waals surface area contributed by atoms with Crippen LogP contribution in [0.1, 0.15) is 43.6 Å². The van der Waals surface area contributed by atoms with E-state index in [0.717, 1.165) is 27.5 Å². The van der Waals surface area contributed by atoms with Crippen LogP contribution >= 0.6 is 0 Å². The molecule has 0 saturated heterocycles. The zero-order chi connectivity index (χ0) is 24.2. The Kier molecular flexibility index (Phi) is 6.86. The fraction of sp³-hybridized carbons (Fsp3) is 0.346. The van der Waals surface area contributed by atoms with Crippen LogP contribution in [-0.2, 0) is 6.54 Å². The average Bonchev–Trinajstić information content (AvgIpc) is 3.16. The van der Waals surface area contributed by atoms with E-state index in [0.29, 0.717) is 55.0 Å². The molecule has 34 heavy (non-hydrogen) atoms. The van der Waals surface area contributed by atoms with Crippen molar-refractivity contribution in [2.24, 2.45) is 0 Å². The highest BCUT2D eigenvalue weighted by Crippen LogP contribution is 2.39. The number of anilines is 1. The minimum Gasteiger partial charge on any atom is -0.490 e. The van der Waals surface area contributed by atoms with Crippen molar-refractivity contribution < 1.29 is 19.0 Å². The molecule has 4 rings (SSSR count). The molecule has 0 unspecified atom stereocenters. The molecule has 0 aliphatic heterocycles. The van der Waals surface area contributed by atoms with Crippen LogP contribution in [0.3, 0.4) is 0 Å². The number of benzene rings is 2. The Morgan fingerprint density at radius 2 is 1.65 bits per heavy atom. The van der Waals surface area contributed by atoms with Crippen molar-refractivity contribution in [2.75, 3.05) is 25.1 Å². The average molecular weight is 463 g/mol. The van der Waals surface area contributed by atoms with Crippen molar-refractivity contribution in [1.29, 1.82) is 0 Å². The van der Waals surface area contributed by atoms with Crippen LogP contribution in [-0.4, -0.2) is 40.5 Å². The predicted octanol–water partition coefficient (Wildman–Crippen LogP) is 5.36. The van der Waals surface area contributed by atoms with Crippen LogP contribution in [0.5, 0.6) is 17.2 Å². The van der Waals surface area contributed by atoms with Gasteiger partial charge in [-0.3, -0.25) is 4.79 Å². The van der Waals surface area contributed by atoms with Gasteiger partial charge in [0.15, 0.2) is 23.0 Å². The van der Waals surface area contributed by atoms with E-state index in [9.17, 15) is 4.79 Å². The summed E-state index contributed by atoms with van der Waals surface area (Å²) in [5.74, 6) is 1.56. The number of aryl methyl sites for hydroxylation is 2. The van der Waals surface area contributed by atoms with Crippen LogP contribution in [0, 0.1) is 6.92 Å². The predicted molar refractivity (Wildman–Crippen MR) is 133 cm³/mol. The topological polar surface area (TPSA) is 87.5 Å². The summed E-state index contributed by atoms with van der Waals surface area (Å²) in [5.41, 5.74) is 3.14. The molecule has 0 aliphatic rings. The molecule has 2 aromatic heterocycles. The quantitative estimate of drug-likeness (QED) is 0.360. The minimum atomic E-state index is -0.322. The molecule has 0 radical (unpaired) electrons. The maximum absolute atomic E-state index is 13.3. The number of fused-ring (bicyclic) bond motifs is 2. The van der Waals surface area contributed by atoms with Crippen molar-refractivity contribution >= 4 is 33.7 Å². The van der Waals surface area contributed by atoms with Gasteiger partial charge in [-0.2, -0.15) is 5.10 Å². The number of nitrogens with one attached hydrogen (secondary N) is 1. The molecule has 0 fully saturated rings. The Hall–Kier alpha value is -3.81. The first-order valence-corrected chi connectivity index (χ1v) is 11.6. The third-order valence-electron chi connectivity index (χ3n) is 5.45. The molecule has 0 bridgehead atoms. The molecule has 178 valence electrons. The number of hydrogen-bond acceptors (Lipinski definition) is 6. The van der Waals surface area contributed by atoms with Gasteiger partial charge in [0, 0.05) is 17.5 Å². The summed E-state index contributed by atoms with van der Waals surface area (Å²) in [4.78, 5) is 18.2. The first-order chi connectivity index (χ1) is 16.5. The second-order valence-electron chi connectivity index (χ2n) is 7.73. The minimum absolute atomic E-state index is 0.322. The summed E-state index contributed by atoms with van der Waals surface area (Å²) in [7, 11) is 0. The van der Waals surface area contributed by atoms with Gasteiger partial charge in [0.05, 0.1) is 30.7 Å². The second kappa shape index (κ2) is 9.99. The largest absolute Gasteiger partial charge is 0.490 e. The first-order valence-electron chi connectivity index (χ1n) is 11.6. The lowest BCUT2D eigenvalue weighted by Crippen LogP contribution is -2.14. The molecule has 8 nitrogen and oxygen atoms in total. The zero-order valence-corrected chi connectivity index (χ0v) is 20.3. The molecule has 1 amide bonds. The van der Waals surface area contributed by atoms with Gasteiger partial charge in [-0.05, 0) is 58.4 Å². The van der Waals surface area contributed by atoms with Gasteiger partial charge >= 0.3 is 0 Å². The number of amides is 1. The molecule has 0 atom stereocenters.